The second-order valence-electron chi connectivity index (χ2n) is 10.4. The van der Waals surface area contributed by atoms with Crippen molar-refractivity contribution in [1.82, 2.24) is 30.6 Å². The molecule has 13 nitrogen and oxygen atoms in total. The molecule has 1 saturated heterocycles. The van der Waals surface area contributed by atoms with E-state index in [0.29, 0.717) is 35.9 Å². The van der Waals surface area contributed by atoms with E-state index in [2.05, 4.69) is 25.8 Å². The highest BCUT2D eigenvalue weighted by atomic mass is 35.5. The van der Waals surface area contributed by atoms with Gasteiger partial charge in [0.15, 0.2) is 0 Å². The minimum Gasteiger partial charge on any atom is -0.391 e. The second kappa shape index (κ2) is 13.0. The number of fused-ring (bicyclic) bond motifs is 2. The third-order valence-corrected chi connectivity index (χ3v) is 8.15. The number of guanidine groups is 1. The fourth-order valence-electron chi connectivity index (χ4n) is 5.35. The second-order valence-corrected chi connectivity index (χ2v) is 11.2. The Labute approximate surface area is 256 Å². The fourth-order valence-corrected chi connectivity index (χ4v) is 6.11. The summed E-state index contributed by atoms with van der Waals surface area (Å²) in [4.78, 5) is 45.2. The highest BCUT2D eigenvalue weighted by molar-refractivity contribution is 6.40. The van der Waals surface area contributed by atoms with Crippen molar-refractivity contribution in [2.45, 2.75) is 37.6 Å². The van der Waals surface area contributed by atoms with Crippen LogP contribution in [0.2, 0.25) is 10.0 Å². The number of aromatic nitrogens is 2. The molecule has 3 aromatic rings. The zero-order chi connectivity index (χ0) is 30.7. The summed E-state index contributed by atoms with van der Waals surface area (Å²) in [7, 11) is 0. The summed E-state index contributed by atoms with van der Waals surface area (Å²) in [5.41, 5.74) is 2.68. The molecule has 0 saturated carbocycles. The molecule has 224 valence electrons. The van der Waals surface area contributed by atoms with Crippen molar-refractivity contribution in [3.63, 3.8) is 0 Å². The zero-order valence-corrected chi connectivity index (χ0v) is 24.3. The van der Waals surface area contributed by atoms with Crippen LogP contribution in [0.25, 0.3) is 10.9 Å². The smallest absolute Gasteiger partial charge is 0.254 e. The van der Waals surface area contributed by atoms with Gasteiger partial charge in [0.2, 0.25) is 12.2 Å². The van der Waals surface area contributed by atoms with E-state index >= 15 is 0 Å². The molecular formula is C28H28Cl2N8O5. The first-order chi connectivity index (χ1) is 20.7. The molecule has 2 aromatic carbocycles. The number of rotatable bonds is 6. The van der Waals surface area contributed by atoms with E-state index in [-0.39, 0.29) is 60.1 Å². The maximum Gasteiger partial charge on any atom is 0.254 e. The number of nitrogens with one attached hydrogen (secondary N) is 3. The molecule has 3 heterocycles. The molecule has 5 rings (SSSR count). The van der Waals surface area contributed by atoms with Crippen molar-refractivity contribution in [3.8, 4) is 6.19 Å². The van der Waals surface area contributed by atoms with Gasteiger partial charge >= 0.3 is 0 Å². The number of carbonyl (C=O) groups excluding carboxylic acids is 3. The van der Waals surface area contributed by atoms with Crippen molar-refractivity contribution in [3.05, 3.63) is 62.8 Å². The first-order valence-corrected chi connectivity index (χ1v) is 14.2. The molecular weight excluding hydrogens is 599 g/mol. The Morgan fingerprint density at radius 3 is 2.72 bits per heavy atom. The molecule has 1 fully saturated rings. The van der Waals surface area contributed by atoms with Crippen LogP contribution < -0.4 is 10.6 Å². The van der Waals surface area contributed by atoms with E-state index in [1.54, 1.807) is 35.5 Å². The lowest BCUT2D eigenvalue weighted by Gasteiger charge is -2.35. The number of H-pyrrole nitrogens is 1. The quantitative estimate of drug-likeness (QED) is 0.116. The molecule has 0 unspecified atom stereocenters. The number of carbonyl (C=O) groups is 3. The number of nitrogens with zero attached hydrogens (tertiary/aromatic N) is 5. The molecule has 5 N–H and O–H groups in total. The summed E-state index contributed by atoms with van der Waals surface area (Å²) in [6.45, 7) is 0.743. The first-order valence-electron chi connectivity index (χ1n) is 13.5. The van der Waals surface area contributed by atoms with Crippen LogP contribution in [0.1, 0.15) is 38.3 Å². The molecule has 0 spiro atoms. The highest BCUT2D eigenvalue weighted by Crippen LogP contribution is 2.35. The van der Waals surface area contributed by atoms with Gasteiger partial charge in [0.05, 0.1) is 39.5 Å². The largest absolute Gasteiger partial charge is 0.391 e. The van der Waals surface area contributed by atoms with Gasteiger partial charge in [-0.1, -0.05) is 29.3 Å². The Balaban J connectivity index is 1.26. The van der Waals surface area contributed by atoms with Gasteiger partial charge in [0, 0.05) is 50.1 Å². The summed E-state index contributed by atoms with van der Waals surface area (Å²) < 4.78 is 0. The van der Waals surface area contributed by atoms with Crippen LogP contribution in [0.4, 0.5) is 0 Å². The van der Waals surface area contributed by atoms with Gasteiger partial charge in [0.1, 0.15) is 12.3 Å². The van der Waals surface area contributed by atoms with Gasteiger partial charge in [-0.3, -0.25) is 14.7 Å². The minimum absolute atomic E-state index is 0.00611. The Morgan fingerprint density at radius 2 is 2.00 bits per heavy atom. The number of hydrogen-bond acceptors (Lipinski definition) is 8. The van der Waals surface area contributed by atoms with Crippen molar-refractivity contribution >= 4 is 58.2 Å². The number of aldehydes is 1. The molecule has 2 aliphatic heterocycles. The van der Waals surface area contributed by atoms with Gasteiger partial charge in [-0.05, 0) is 35.7 Å². The number of amides is 2. The number of halogens is 2. The van der Waals surface area contributed by atoms with Crippen molar-refractivity contribution in [1.29, 1.82) is 5.26 Å². The van der Waals surface area contributed by atoms with E-state index in [1.165, 1.54) is 4.90 Å². The Bertz CT molecular complexity index is 1630. The first kappa shape index (κ1) is 30.2. The van der Waals surface area contributed by atoms with E-state index in [0.717, 1.165) is 10.9 Å². The third-order valence-electron chi connectivity index (χ3n) is 7.43. The fraction of sp³-hybridized carbons (Fsp3) is 0.357. The van der Waals surface area contributed by atoms with E-state index < -0.39 is 24.2 Å². The van der Waals surface area contributed by atoms with Crippen molar-refractivity contribution < 1.29 is 24.6 Å². The van der Waals surface area contributed by atoms with E-state index in [4.69, 9.17) is 28.5 Å². The molecule has 0 aliphatic carbocycles. The van der Waals surface area contributed by atoms with Crippen LogP contribution in [0, 0.1) is 11.5 Å². The number of β-amino-alcohol motifs (C(OH)–C–C–N with tert-alkyl or cyclic N) is 2. The average molecular weight is 627 g/mol. The number of likely N-dealkylation sites (tertiary alicyclic amines) is 1. The minimum atomic E-state index is -1.06. The molecule has 1 aromatic heterocycles. The third kappa shape index (κ3) is 6.57. The number of nitriles is 1. The van der Waals surface area contributed by atoms with Crippen LogP contribution >= 0.6 is 23.2 Å². The van der Waals surface area contributed by atoms with Crippen LogP contribution in [0.5, 0.6) is 0 Å². The van der Waals surface area contributed by atoms with Gasteiger partial charge in [-0.2, -0.15) is 10.4 Å². The monoisotopic (exact) mass is 626 g/mol. The number of piperidine rings is 1. The summed E-state index contributed by atoms with van der Waals surface area (Å²) in [5.74, 6) is -0.786. The van der Waals surface area contributed by atoms with Crippen molar-refractivity contribution in [2.75, 3.05) is 26.2 Å². The van der Waals surface area contributed by atoms with Gasteiger partial charge < -0.3 is 35.4 Å². The molecule has 2 amide bonds. The number of aliphatic imine (C=N–C) groups is 1. The maximum atomic E-state index is 13.2. The summed E-state index contributed by atoms with van der Waals surface area (Å²) in [6.07, 6.45) is 2.80. The lowest BCUT2D eigenvalue weighted by molar-refractivity contribution is -0.109. The predicted molar refractivity (Wildman–Crippen MR) is 158 cm³/mol. The van der Waals surface area contributed by atoms with Crippen LogP contribution in [-0.4, -0.2) is 98.7 Å². The lowest BCUT2D eigenvalue weighted by atomic mass is 9.96. The van der Waals surface area contributed by atoms with Gasteiger partial charge in [-0.15, -0.1) is 4.99 Å². The molecule has 3 atom stereocenters. The number of hydrogen-bond donors (Lipinski definition) is 5. The van der Waals surface area contributed by atoms with E-state index in [1.807, 2.05) is 6.07 Å². The van der Waals surface area contributed by atoms with E-state index in [9.17, 15) is 24.6 Å². The number of aromatic amines is 1. The van der Waals surface area contributed by atoms with Crippen LogP contribution in [0.15, 0.2) is 35.5 Å². The molecule has 0 bridgehead atoms. The molecule has 15 heteroatoms. The molecule has 2 aliphatic rings. The number of benzene rings is 2. The average Bonchev–Trinajstić information content (AvgIpc) is 3.45. The highest BCUT2D eigenvalue weighted by Gasteiger charge is 2.30. The number of aliphatic hydroxyl groups excluding tert-OH is 2. The Hall–Kier alpha value is -4.22. The summed E-state index contributed by atoms with van der Waals surface area (Å²) >= 11 is 13.2. The predicted octanol–water partition coefficient (Wildman–Crippen LogP) is 1.22. The topological polar surface area (TPSA) is 187 Å². The number of aliphatic hydroxyl groups is 2. The Morgan fingerprint density at radius 1 is 1.23 bits per heavy atom. The summed E-state index contributed by atoms with van der Waals surface area (Å²) in [6, 6.07) is 5.87. The zero-order valence-electron chi connectivity index (χ0n) is 22.8. The van der Waals surface area contributed by atoms with Gasteiger partial charge in [-0.25, -0.2) is 0 Å². The summed E-state index contributed by atoms with van der Waals surface area (Å²) in [5, 5.41) is 42.4. The standard InChI is InChI=1S/C28H28Cl2N8O5/c29-22-5-17-10-37(27(43)15-1-2-16-8-34-36-23(16)6-15)4-3-21(17)25(30)24(22)26(42)35-18(13-39)9-32-28(33-14-31)38-11-19(40)7-20(41)12-38/h1-2,5-6,8,13,18-20,40-41H,3-4,7,9-12H2,(H,32,33)(H,34,36)(H,35,42)/t18-,19+,20+/m0/s1. The lowest BCUT2D eigenvalue weighted by Crippen LogP contribution is -2.54. The van der Waals surface area contributed by atoms with Crippen molar-refractivity contribution in [2.24, 2.45) is 4.99 Å². The SMILES string of the molecule is N#C/N=C(\NC[C@@H](C=O)NC(=O)c1c(Cl)cc2c(c1Cl)CCN(C(=O)c1ccc3cn[nH]c3c1)C2)N1C[C@H](O)C[C@@H](O)C1. The Kier molecular flexibility index (Phi) is 9.12. The van der Waals surface area contributed by atoms with Crippen LogP contribution in [-0.2, 0) is 17.8 Å². The molecule has 43 heavy (non-hydrogen) atoms. The maximum absolute atomic E-state index is 13.2. The normalized spacial score (nSPS) is 19.4. The van der Waals surface area contributed by atoms with Gasteiger partial charge in [0.25, 0.3) is 11.8 Å². The van der Waals surface area contributed by atoms with Crippen LogP contribution in [0.3, 0.4) is 0 Å². The molecule has 0 radical (unpaired) electrons.